The summed E-state index contributed by atoms with van der Waals surface area (Å²) in [6.45, 7) is 0.273. The van der Waals surface area contributed by atoms with Crippen molar-refractivity contribution in [1.82, 2.24) is 4.31 Å². The number of nitrogens with zero attached hydrogens (tertiary/aromatic N) is 2. The van der Waals surface area contributed by atoms with Crippen LogP contribution >= 0.6 is 0 Å². The third-order valence-electron chi connectivity index (χ3n) is 2.42. The zero-order valence-corrected chi connectivity index (χ0v) is 11.2. The summed E-state index contributed by atoms with van der Waals surface area (Å²) in [6.07, 6.45) is 0. The van der Waals surface area contributed by atoms with E-state index >= 15 is 0 Å². The number of anilines is 2. The Balaban J connectivity index is 2.63. The maximum absolute atomic E-state index is 11.5. The van der Waals surface area contributed by atoms with Gasteiger partial charge in [0.25, 0.3) is 0 Å². The Morgan fingerprint density at radius 1 is 1.44 bits per heavy atom. The van der Waals surface area contributed by atoms with Crippen molar-refractivity contribution in [3.8, 4) is 6.07 Å². The summed E-state index contributed by atoms with van der Waals surface area (Å²) in [4.78, 5) is 0. The number of nitrogens with one attached hydrogen (secondary N) is 1. The number of nitriles is 1. The van der Waals surface area contributed by atoms with Gasteiger partial charge in [0, 0.05) is 32.0 Å². The van der Waals surface area contributed by atoms with Crippen LogP contribution in [-0.4, -0.2) is 39.1 Å². The first-order valence-corrected chi connectivity index (χ1v) is 6.91. The monoisotopic (exact) mass is 268 g/mol. The Hall–Kier alpha value is -1.78. The SMILES string of the molecule is CN(C)S(=O)(=O)CCNc1ccc(N)c(C#N)c1. The van der Waals surface area contributed by atoms with Gasteiger partial charge in [-0.15, -0.1) is 0 Å². The summed E-state index contributed by atoms with van der Waals surface area (Å²) >= 11 is 0. The van der Waals surface area contributed by atoms with E-state index in [0.29, 0.717) is 16.9 Å². The zero-order chi connectivity index (χ0) is 13.8. The lowest BCUT2D eigenvalue weighted by molar-refractivity contribution is 0.521. The lowest BCUT2D eigenvalue weighted by Crippen LogP contribution is -2.28. The quantitative estimate of drug-likeness (QED) is 0.755. The van der Waals surface area contributed by atoms with E-state index < -0.39 is 10.0 Å². The molecule has 1 rings (SSSR count). The molecule has 1 aromatic rings. The van der Waals surface area contributed by atoms with E-state index in [1.54, 1.807) is 18.2 Å². The fourth-order valence-corrected chi connectivity index (χ4v) is 2.00. The number of benzene rings is 1. The highest BCUT2D eigenvalue weighted by Crippen LogP contribution is 2.16. The van der Waals surface area contributed by atoms with E-state index in [2.05, 4.69) is 5.32 Å². The van der Waals surface area contributed by atoms with Crippen molar-refractivity contribution in [1.29, 1.82) is 5.26 Å². The first kappa shape index (κ1) is 14.3. The Labute approximate surface area is 107 Å². The predicted octanol–water partition coefficient (Wildman–Crippen LogP) is 0.444. The molecule has 0 bridgehead atoms. The maximum atomic E-state index is 11.5. The predicted molar refractivity (Wildman–Crippen MR) is 71.5 cm³/mol. The molecule has 0 saturated heterocycles. The fraction of sp³-hybridized carbons (Fsp3) is 0.364. The molecule has 6 nitrogen and oxygen atoms in total. The topological polar surface area (TPSA) is 99.2 Å². The van der Waals surface area contributed by atoms with Gasteiger partial charge in [-0.2, -0.15) is 5.26 Å². The molecule has 0 radical (unpaired) electrons. The molecule has 7 heteroatoms. The van der Waals surface area contributed by atoms with Crippen LogP contribution in [0.1, 0.15) is 5.56 Å². The largest absolute Gasteiger partial charge is 0.398 e. The van der Waals surface area contributed by atoms with Crippen LogP contribution in [0.4, 0.5) is 11.4 Å². The molecule has 0 spiro atoms. The third kappa shape index (κ3) is 3.61. The number of rotatable bonds is 5. The molecule has 18 heavy (non-hydrogen) atoms. The average Bonchev–Trinajstić information content (AvgIpc) is 2.31. The van der Waals surface area contributed by atoms with E-state index in [-0.39, 0.29) is 12.3 Å². The smallest absolute Gasteiger partial charge is 0.215 e. The molecular weight excluding hydrogens is 252 g/mol. The first-order chi connectivity index (χ1) is 8.36. The average molecular weight is 268 g/mol. The molecule has 0 unspecified atom stereocenters. The second-order valence-electron chi connectivity index (χ2n) is 3.94. The molecule has 0 atom stereocenters. The van der Waals surface area contributed by atoms with Gasteiger partial charge in [0.15, 0.2) is 0 Å². The number of hydrogen-bond acceptors (Lipinski definition) is 5. The molecule has 0 aliphatic carbocycles. The summed E-state index contributed by atoms with van der Waals surface area (Å²) in [5, 5.41) is 11.8. The summed E-state index contributed by atoms with van der Waals surface area (Å²) in [7, 11) is -0.226. The molecule has 3 N–H and O–H groups in total. The molecule has 0 aliphatic rings. The van der Waals surface area contributed by atoms with Crippen LogP contribution < -0.4 is 11.1 Å². The summed E-state index contributed by atoms with van der Waals surface area (Å²) in [5.74, 6) is -0.00768. The van der Waals surface area contributed by atoms with Crippen LogP contribution in [-0.2, 0) is 10.0 Å². The standard InChI is InChI=1S/C11H16N4O2S/c1-15(2)18(16,17)6-5-14-10-3-4-11(13)9(7-10)8-12/h3-4,7,14H,5-6,13H2,1-2H3. The highest BCUT2D eigenvalue weighted by atomic mass is 32.2. The third-order valence-corrected chi connectivity index (χ3v) is 4.25. The highest BCUT2D eigenvalue weighted by Gasteiger charge is 2.12. The molecule has 0 aromatic heterocycles. The van der Waals surface area contributed by atoms with Crippen LogP contribution in [0.15, 0.2) is 18.2 Å². The normalized spacial score (nSPS) is 11.2. The number of sulfonamides is 1. The minimum absolute atomic E-state index is 0.00768. The second-order valence-corrected chi connectivity index (χ2v) is 6.24. The van der Waals surface area contributed by atoms with Gasteiger partial charge in [-0.25, -0.2) is 12.7 Å². The van der Waals surface area contributed by atoms with Crippen molar-refractivity contribution in [2.45, 2.75) is 0 Å². The molecule has 0 fully saturated rings. The summed E-state index contributed by atoms with van der Waals surface area (Å²) in [6, 6.07) is 6.88. The lowest BCUT2D eigenvalue weighted by atomic mass is 10.2. The van der Waals surface area contributed by atoms with E-state index in [9.17, 15) is 8.42 Å². The first-order valence-electron chi connectivity index (χ1n) is 5.30. The van der Waals surface area contributed by atoms with Crippen molar-refractivity contribution < 1.29 is 8.42 Å². The maximum Gasteiger partial charge on any atom is 0.215 e. The fourth-order valence-electron chi connectivity index (χ4n) is 1.27. The molecule has 0 heterocycles. The van der Waals surface area contributed by atoms with E-state index in [4.69, 9.17) is 11.0 Å². The molecular formula is C11H16N4O2S. The molecule has 0 amide bonds. The van der Waals surface area contributed by atoms with Crippen molar-refractivity contribution >= 4 is 21.4 Å². The van der Waals surface area contributed by atoms with Crippen molar-refractivity contribution in [2.75, 3.05) is 37.4 Å². The Morgan fingerprint density at radius 2 is 2.11 bits per heavy atom. The van der Waals surface area contributed by atoms with E-state index in [1.165, 1.54) is 18.4 Å². The summed E-state index contributed by atoms with van der Waals surface area (Å²) in [5.41, 5.74) is 7.04. The van der Waals surface area contributed by atoms with Crippen molar-refractivity contribution in [3.05, 3.63) is 23.8 Å². The van der Waals surface area contributed by atoms with Crippen molar-refractivity contribution in [2.24, 2.45) is 0 Å². The van der Waals surface area contributed by atoms with Crippen LogP contribution in [0, 0.1) is 11.3 Å². The Morgan fingerprint density at radius 3 is 2.67 bits per heavy atom. The number of nitrogens with two attached hydrogens (primary N) is 1. The van der Waals surface area contributed by atoms with Gasteiger partial charge in [-0.05, 0) is 18.2 Å². The summed E-state index contributed by atoms with van der Waals surface area (Å²) < 4.78 is 24.2. The molecule has 1 aromatic carbocycles. The van der Waals surface area contributed by atoms with E-state index in [1.807, 2.05) is 6.07 Å². The van der Waals surface area contributed by atoms with Gasteiger partial charge in [0.2, 0.25) is 10.0 Å². The van der Waals surface area contributed by atoms with Gasteiger partial charge in [-0.3, -0.25) is 0 Å². The molecule has 0 saturated carbocycles. The van der Waals surface area contributed by atoms with Gasteiger partial charge < -0.3 is 11.1 Å². The minimum atomic E-state index is -3.21. The highest BCUT2D eigenvalue weighted by molar-refractivity contribution is 7.89. The molecule has 0 aliphatic heterocycles. The minimum Gasteiger partial charge on any atom is -0.398 e. The van der Waals surface area contributed by atoms with Gasteiger partial charge in [-0.1, -0.05) is 0 Å². The Bertz CT molecular complexity index is 561. The van der Waals surface area contributed by atoms with Gasteiger partial charge in [0.1, 0.15) is 6.07 Å². The Kier molecular flexibility index (Phi) is 4.53. The zero-order valence-electron chi connectivity index (χ0n) is 10.3. The second kappa shape index (κ2) is 5.71. The number of nitrogen functional groups attached to an aromatic ring is 1. The van der Waals surface area contributed by atoms with Gasteiger partial charge in [0.05, 0.1) is 11.3 Å². The van der Waals surface area contributed by atoms with E-state index in [0.717, 1.165) is 0 Å². The lowest BCUT2D eigenvalue weighted by Gasteiger charge is -2.12. The van der Waals surface area contributed by atoms with Crippen LogP contribution in [0.5, 0.6) is 0 Å². The van der Waals surface area contributed by atoms with Crippen LogP contribution in [0.2, 0.25) is 0 Å². The van der Waals surface area contributed by atoms with Gasteiger partial charge >= 0.3 is 0 Å². The van der Waals surface area contributed by atoms with Crippen LogP contribution in [0.3, 0.4) is 0 Å². The molecule has 98 valence electrons. The van der Waals surface area contributed by atoms with Crippen LogP contribution in [0.25, 0.3) is 0 Å². The number of hydrogen-bond donors (Lipinski definition) is 2. The van der Waals surface area contributed by atoms with Crippen molar-refractivity contribution in [3.63, 3.8) is 0 Å².